The molecule has 0 saturated carbocycles. The van der Waals surface area contributed by atoms with E-state index < -0.39 is 0 Å². The van der Waals surface area contributed by atoms with Gasteiger partial charge in [-0.05, 0) is 84.7 Å². The minimum Gasteiger partial charge on any atom is -0.456 e. The molecule has 0 saturated heterocycles. The molecule has 0 atom stereocenters. The Balaban J connectivity index is 0.970. The third-order valence-corrected chi connectivity index (χ3v) is 14.6. The molecule has 334 valence electrons. The summed E-state index contributed by atoms with van der Waals surface area (Å²) in [4.78, 5) is 15.9. The first-order valence-corrected chi connectivity index (χ1v) is 24.4. The zero-order valence-electron chi connectivity index (χ0n) is 38.8. The molecule has 5 nitrogen and oxygen atoms in total. The van der Waals surface area contributed by atoms with Gasteiger partial charge in [-0.2, -0.15) is 0 Å². The molecule has 72 heavy (non-hydrogen) atoms. The van der Waals surface area contributed by atoms with Crippen LogP contribution in [-0.4, -0.2) is 19.5 Å². The first-order valence-electron chi connectivity index (χ1n) is 24.4. The van der Waals surface area contributed by atoms with Gasteiger partial charge >= 0.3 is 0 Å². The predicted octanol–water partition coefficient (Wildman–Crippen LogP) is 17.8. The van der Waals surface area contributed by atoms with Crippen molar-refractivity contribution in [2.45, 2.75) is 0 Å². The van der Waals surface area contributed by atoms with Crippen molar-refractivity contribution < 1.29 is 4.42 Å². The molecule has 0 N–H and O–H groups in total. The van der Waals surface area contributed by atoms with E-state index in [-0.39, 0.29) is 0 Å². The Hall–Kier alpha value is -9.71. The summed E-state index contributed by atoms with van der Waals surface area (Å²) in [5, 5.41) is 13.8. The molecule has 0 radical (unpaired) electrons. The van der Waals surface area contributed by atoms with Crippen LogP contribution in [0.1, 0.15) is 0 Å². The molecule has 0 spiro atoms. The molecule has 15 rings (SSSR count). The molecular formula is C67H40N4O. The molecule has 15 aromatic rings. The normalized spacial score (nSPS) is 11.9. The molecule has 0 aliphatic carbocycles. The zero-order chi connectivity index (χ0) is 47.3. The van der Waals surface area contributed by atoms with Crippen LogP contribution >= 0.6 is 0 Å². The number of hydrogen-bond acceptors (Lipinski definition) is 4. The maximum absolute atomic E-state index is 7.01. The van der Waals surface area contributed by atoms with E-state index in [1.807, 2.05) is 6.07 Å². The van der Waals surface area contributed by atoms with Crippen LogP contribution in [0.3, 0.4) is 0 Å². The highest BCUT2D eigenvalue weighted by Crippen LogP contribution is 2.45. The summed E-state index contributed by atoms with van der Waals surface area (Å²) in [5.74, 6) is 1.76. The standard InChI is InChI=1S/C67H40N4O/c1-2-15-43(16-3-1)56-39-58-62(40-60(56)71-59-38-49-21-7-6-20-48(49)37-57(59)54-35-34-44-18-9-11-24-53(44)64(54)71)72-61-27-13-26-55(63(58)61)67-69-65(68-66(70-67)50-33-28-41-14-4-5-19-47(41)36-50)46-31-29-45(30-32-46)52-25-12-22-42-17-8-10-23-51(42)52/h1-40H. The van der Waals surface area contributed by atoms with Crippen molar-refractivity contribution in [1.82, 2.24) is 19.5 Å². The molecule has 3 aromatic heterocycles. The number of rotatable bonds is 6. The van der Waals surface area contributed by atoms with Crippen LogP contribution in [-0.2, 0) is 0 Å². The highest BCUT2D eigenvalue weighted by Gasteiger charge is 2.24. The van der Waals surface area contributed by atoms with Gasteiger partial charge in [0.25, 0.3) is 0 Å². The topological polar surface area (TPSA) is 56.7 Å². The van der Waals surface area contributed by atoms with Gasteiger partial charge in [0.2, 0.25) is 0 Å². The van der Waals surface area contributed by atoms with Crippen molar-refractivity contribution in [3.8, 4) is 62.1 Å². The van der Waals surface area contributed by atoms with Crippen molar-refractivity contribution >= 4 is 86.8 Å². The molecule has 5 heteroatoms. The number of nitrogens with zero attached hydrogens (tertiary/aromatic N) is 4. The van der Waals surface area contributed by atoms with Gasteiger partial charge < -0.3 is 8.98 Å². The van der Waals surface area contributed by atoms with Crippen LogP contribution < -0.4 is 0 Å². The molecule has 0 aliphatic rings. The van der Waals surface area contributed by atoms with E-state index in [1.165, 1.54) is 48.7 Å². The number of fused-ring (bicyclic) bond motifs is 11. The second-order valence-corrected chi connectivity index (χ2v) is 18.7. The van der Waals surface area contributed by atoms with E-state index in [4.69, 9.17) is 19.4 Å². The number of aromatic nitrogens is 4. The smallest absolute Gasteiger partial charge is 0.164 e. The largest absolute Gasteiger partial charge is 0.456 e. The van der Waals surface area contributed by atoms with Crippen LogP contribution in [0.2, 0.25) is 0 Å². The van der Waals surface area contributed by atoms with E-state index >= 15 is 0 Å². The quantitative estimate of drug-likeness (QED) is 0.167. The van der Waals surface area contributed by atoms with Crippen molar-refractivity contribution in [3.05, 3.63) is 243 Å². The van der Waals surface area contributed by atoms with Crippen LogP contribution in [0.4, 0.5) is 0 Å². The van der Waals surface area contributed by atoms with Crippen LogP contribution in [0.15, 0.2) is 247 Å². The average Bonchev–Trinajstić information content (AvgIpc) is 3.99. The lowest BCUT2D eigenvalue weighted by Gasteiger charge is -2.16. The van der Waals surface area contributed by atoms with Crippen molar-refractivity contribution in [2.24, 2.45) is 0 Å². The van der Waals surface area contributed by atoms with Gasteiger partial charge in [-0.15, -0.1) is 0 Å². The summed E-state index contributed by atoms with van der Waals surface area (Å²) in [6.45, 7) is 0. The van der Waals surface area contributed by atoms with Gasteiger partial charge in [-0.25, -0.2) is 15.0 Å². The SMILES string of the molecule is c1ccc(-c2cc3c(cc2-n2c4cc5ccccc5cc4c4ccc5ccccc5c42)oc2cccc(-c4nc(-c5ccc(-c6cccc7ccccc67)cc5)nc(-c5ccc6ccccc6c5)n4)c23)cc1. The maximum atomic E-state index is 7.01. The molecule has 0 unspecified atom stereocenters. The molecule has 0 amide bonds. The summed E-state index contributed by atoms with van der Waals surface area (Å²) < 4.78 is 9.47. The lowest BCUT2D eigenvalue weighted by atomic mass is 9.97. The third kappa shape index (κ3) is 6.38. The minimum atomic E-state index is 0.570. The first kappa shape index (κ1) is 40.2. The molecule has 3 heterocycles. The molecular weight excluding hydrogens is 877 g/mol. The van der Waals surface area contributed by atoms with Gasteiger partial charge in [-0.3, -0.25) is 0 Å². The second kappa shape index (κ2) is 15.9. The summed E-state index contributed by atoms with van der Waals surface area (Å²) in [6.07, 6.45) is 0. The number of furan rings is 1. The summed E-state index contributed by atoms with van der Waals surface area (Å²) in [6, 6.07) is 86.5. The monoisotopic (exact) mass is 916 g/mol. The Kier molecular flexibility index (Phi) is 8.89. The maximum Gasteiger partial charge on any atom is 0.164 e. The number of benzene rings is 12. The van der Waals surface area contributed by atoms with Crippen LogP contribution in [0, 0.1) is 0 Å². The third-order valence-electron chi connectivity index (χ3n) is 14.6. The van der Waals surface area contributed by atoms with Crippen molar-refractivity contribution in [1.29, 1.82) is 0 Å². The molecule has 0 fully saturated rings. The Bertz CT molecular complexity index is 4680. The fourth-order valence-corrected chi connectivity index (χ4v) is 11.2. The fraction of sp³-hybridized carbons (Fsp3) is 0. The van der Waals surface area contributed by atoms with Gasteiger partial charge in [0.15, 0.2) is 17.5 Å². The molecule has 0 bridgehead atoms. The Morgan fingerprint density at radius 3 is 1.67 bits per heavy atom. The minimum absolute atomic E-state index is 0.570. The lowest BCUT2D eigenvalue weighted by molar-refractivity contribution is 0.668. The van der Waals surface area contributed by atoms with Crippen molar-refractivity contribution in [3.63, 3.8) is 0 Å². The number of hydrogen-bond donors (Lipinski definition) is 0. The van der Waals surface area contributed by atoms with E-state index in [0.29, 0.717) is 17.5 Å². The van der Waals surface area contributed by atoms with Crippen LogP contribution in [0.25, 0.3) is 149 Å². The van der Waals surface area contributed by atoms with E-state index in [9.17, 15) is 0 Å². The Morgan fingerprint density at radius 1 is 0.292 bits per heavy atom. The predicted molar refractivity (Wildman–Crippen MR) is 299 cm³/mol. The van der Waals surface area contributed by atoms with Gasteiger partial charge in [0, 0.05) is 55.3 Å². The zero-order valence-corrected chi connectivity index (χ0v) is 38.8. The summed E-state index contributed by atoms with van der Waals surface area (Å²) in [7, 11) is 0. The average molecular weight is 917 g/mol. The van der Waals surface area contributed by atoms with Gasteiger partial charge in [0.05, 0.1) is 16.7 Å². The molecule has 12 aromatic carbocycles. The fourth-order valence-electron chi connectivity index (χ4n) is 11.2. The lowest BCUT2D eigenvalue weighted by Crippen LogP contribution is -2.00. The molecule has 0 aliphatic heterocycles. The summed E-state index contributed by atoms with van der Waals surface area (Å²) >= 11 is 0. The van der Waals surface area contributed by atoms with Crippen LogP contribution in [0.5, 0.6) is 0 Å². The second-order valence-electron chi connectivity index (χ2n) is 18.7. The first-order chi connectivity index (χ1) is 35.7. The van der Waals surface area contributed by atoms with Gasteiger partial charge in [0.1, 0.15) is 11.2 Å². The van der Waals surface area contributed by atoms with E-state index in [0.717, 1.165) is 82.8 Å². The van der Waals surface area contributed by atoms with Crippen molar-refractivity contribution in [2.75, 3.05) is 0 Å². The summed E-state index contributed by atoms with van der Waals surface area (Å²) in [5.41, 5.74) is 12.0. The Morgan fingerprint density at radius 2 is 0.861 bits per heavy atom. The van der Waals surface area contributed by atoms with E-state index in [1.54, 1.807) is 0 Å². The Labute approximate surface area is 413 Å². The highest BCUT2D eigenvalue weighted by molar-refractivity contribution is 6.22. The van der Waals surface area contributed by atoms with Gasteiger partial charge in [-0.1, -0.05) is 206 Å². The highest BCUT2D eigenvalue weighted by atomic mass is 16.3. The van der Waals surface area contributed by atoms with E-state index in [2.05, 4.69) is 241 Å².